The molecular weight excluding hydrogens is 192 g/mol. The van der Waals surface area contributed by atoms with Crippen LogP contribution in [0.3, 0.4) is 0 Å². The molecule has 0 bridgehead atoms. The van der Waals surface area contributed by atoms with Crippen molar-refractivity contribution in [3.05, 3.63) is 0 Å². The third-order valence-electron chi connectivity index (χ3n) is 3.24. The minimum atomic E-state index is -0.100. The fourth-order valence-electron chi connectivity index (χ4n) is 1.88. The third kappa shape index (κ3) is 3.18. The number of carbonyl (C=O) groups excluding carboxylic acids is 1. The standard InChI is InChI=1S/C11H22N2O2/c1-8-4-5-12-10(6-8)11(15)13(3)9(2)7-14/h8-10,12,14H,4-7H2,1-3H3. The molecule has 88 valence electrons. The lowest BCUT2D eigenvalue weighted by molar-refractivity contribution is -0.135. The number of aliphatic hydroxyl groups excluding tert-OH is 1. The first-order valence-corrected chi connectivity index (χ1v) is 5.67. The lowest BCUT2D eigenvalue weighted by atomic mass is 9.93. The molecule has 4 heteroatoms. The van der Waals surface area contributed by atoms with Gasteiger partial charge in [0.25, 0.3) is 0 Å². The van der Waals surface area contributed by atoms with Crippen LogP contribution in [0.5, 0.6) is 0 Å². The van der Waals surface area contributed by atoms with E-state index in [1.54, 1.807) is 11.9 Å². The van der Waals surface area contributed by atoms with E-state index in [-0.39, 0.29) is 24.6 Å². The summed E-state index contributed by atoms with van der Waals surface area (Å²) in [5.74, 6) is 0.709. The topological polar surface area (TPSA) is 52.6 Å². The molecule has 3 unspecified atom stereocenters. The Balaban J connectivity index is 2.51. The van der Waals surface area contributed by atoms with Crippen molar-refractivity contribution in [2.45, 2.75) is 38.8 Å². The maximum Gasteiger partial charge on any atom is 0.239 e. The number of nitrogens with zero attached hydrogens (tertiary/aromatic N) is 1. The van der Waals surface area contributed by atoms with Crippen LogP contribution in [0.1, 0.15) is 26.7 Å². The monoisotopic (exact) mass is 214 g/mol. The number of nitrogens with one attached hydrogen (secondary N) is 1. The highest BCUT2D eigenvalue weighted by molar-refractivity contribution is 5.82. The van der Waals surface area contributed by atoms with Gasteiger partial charge in [-0.05, 0) is 32.2 Å². The van der Waals surface area contributed by atoms with Gasteiger partial charge in [0.2, 0.25) is 5.91 Å². The van der Waals surface area contributed by atoms with Gasteiger partial charge in [0.05, 0.1) is 18.7 Å². The number of rotatable bonds is 3. The van der Waals surface area contributed by atoms with Crippen LogP contribution < -0.4 is 5.32 Å². The fourth-order valence-corrected chi connectivity index (χ4v) is 1.88. The first kappa shape index (κ1) is 12.5. The first-order chi connectivity index (χ1) is 7.06. The van der Waals surface area contributed by atoms with E-state index >= 15 is 0 Å². The van der Waals surface area contributed by atoms with Gasteiger partial charge in [0, 0.05) is 7.05 Å². The Hall–Kier alpha value is -0.610. The van der Waals surface area contributed by atoms with Gasteiger partial charge in [0.1, 0.15) is 0 Å². The molecule has 0 aromatic carbocycles. The molecule has 1 rings (SSSR count). The molecular formula is C11H22N2O2. The van der Waals surface area contributed by atoms with Crippen molar-refractivity contribution in [1.29, 1.82) is 0 Å². The van der Waals surface area contributed by atoms with Crippen LogP contribution in [0.4, 0.5) is 0 Å². The van der Waals surface area contributed by atoms with Crippen LogP contribution in [0, 0.1) is 5.92 Å². The van der Waals surface area contributed by atoms with Gasteiger partial charge in [-0.15, -0.1) is 0 Å². The zero-order chi connectivity index (χ0) is 11.4. The molecule has 2 N–H and O–H groups in total. The fraction of sp³-hybridized carbons (Fsp3) is 0.909. The number of carbonyl (C=O) groups is 1. The molecule has 0 aromatic rings. The maximum absolute atomic E-state index is 12.0. The van der Waals surface area contributed by atoms with Crippen molar-refractivity contribution in [2.24, 2.45) is 5.92 Å². The Labute approximate surface area is 91.6 Å². The minimum absolute atomic E-state index is 0.0184. The second kappa shape index (κ2) is 5.47. The first-order valence-electron chi connectivity index (χ1n) is 5.67. The van der Waals surface area contributed by atoms with Gasteiger partial charge in [-0.25, -0.2) is 0 Å². The molecule has 1 heterocycles. The largest absolute Gasteiger partial charge is 0.394 e. The van der Waals surface area contributed by atoms with Crippen molar-refractivity contribution in [3.63, 3.8) is 0 Å². The van der Waals surface area contributed by atoms with Crippen molar-refractivity contribution in [2.75, 3.05) is 20.2 Å². The number of hydrogen-bond acceptors (Lipinski definition) is 3. The zero-order valence-corrected chi connectivity index (χ0v) is 9.86. The summed E-state index contributed by atoms with van der Waals surface area (Å²) in [7, 11) is 1.75. The molecule has 1 saturated heterocycles. The van der Waals surface area contributed by atoms with Crippen LogP contribution >= 0.6 is 0 Å². The molecule has 1 amide bonds. The molecule has 15 heavy (non-hydrogen) atoms. The highest BCUT2D eigenvalue weighted by Gasteiger charge is 2.28. The Bertz CT molecular complexity index is 221. The molecule has 1 fully saturated rings. The van der Waals surface area contributed by atoms with E-state index in [1.807, 2.05) is 6.92 Å². The predicted molar refractivity (Wildman–Crippen MR) is 59.5 cm³/mol. The van der Waals surface area contributed by atoms with Crippen molar-refractivity contribution >= 4 is 5.91 Å². The van der Waals surface area contributed by atoms with Crippen molar-refractivity contribution in [1.82, 2.24) is 10.2 Å². The highest BCUT2D eigenvalue weighted by Crippen LogP contribution is 2.16. The number of hydrogen-bond donors (Lipinski definition) is 2. The Morgan fingerprint density at radius 2 is 2.33 bits per heavy atom. The molecule has 1 aliphatic heterocycles. The normalized spacial score (nSPS) is 28.5. The lowest BCUT2D eigenvalue weighted by Gasteiger charge is -2.32. The van der Waals surface area contributed by atoms with E-state index in [0.29, 0.717) is 5.92 Å². The average Bonchev–Trinajstić information content (AvgIpc) is 2.26. The maximum atomic E-state index is 12.0. The quantitative estimate of drug-likeness (QED) is 0.706. The summed E-state index contributed by atoms with van der Waals surface area (Å²) < 4.78 is 0. The summed E-state index contributed by atoms with van der Waals surface area (Å²) in [5, 5.41) is 12.2. The molecule has 0 spiro atoms. The molecule has 3 atom stereocenters. The summed E-state index contributed by atoms with van der Waals surface area (Å²) in [4.78, 5) is 13.6. The summed E-state index contributed by atoms with van der Waals surface area (Å²) in [6, 6.07) is -0.163. The molecule has 4 nitrogen and oxygen atoms in total. The Morgan fingerprint density at radius 1 is 1.67 bits per heavy atom. The minimum Gasteiger partial charge on any atom is -0.394 e. The Kier molecular flexibility index (Phi) is 4.54. The molecule has 0 radical (unpaired) electrons. The SMILES string of the molecule is CC1CCNC(C(=O)N(C)C(C)CO)C1. The second-order valence-electron chi connectivity index (χ2n) is 4.62. The van der Waals surface area contributed by atoms with Crippen LogP contribution in [-0.4, -0.2) is 48.2 Å². The van der Waals surface area contributed by atoms with Gasteiger partial charge in [-0.1, -0.05) is 6.92 Å². The van der Waals surface area contributed by atoms with E-state index < -0.39 is 0 Å². The number of likely N-dealkylation sites (N-methyl/N-ethyl adjacent to an activating group) is 1. The van der Waals surface area contributed by atoms with E-state index in [0.717, 1.165) is 19.4 Å². The molecule has 0 aliphatic carbocycles. The van der Waals surface area contributed by atoms with Gasteiger partial charge < -0.3 is 15.3 Å². The summed E-state index contributed by atoms with van der Waals surface area (Å²) in [6.45, 7) is 4.96. The number of piperidine rings is 1. The van der Waals surface area contributed by atoms with Gasteiger partial charge in [0.15, 0.2) is 0 Å². The number of aliphatic hydroxyl groups is 1. The van der Waals surface area contributed by atoms with Crippen LogP contribution in [0.25, 0.3) is 0 Å². The lowest BCUT2D eigenvalue weighted by Crippen LogP contribution is -2.51. The van der Waals surface area contributed by atoms with Crippen molar-refractivity contribution in [3.8, 4) is 0 Å². The summed E-state index contributed by atoms with van der Waals surface area (Å²) in [5.41, 5.74) is 0. The highest BCUT2D eigenvalue weighted by atomic mass is 16.3. The Morgan fingerprint density at radius 3 is 2.87 bits per heavy atom. The van der Waals surface area contributed by atoms with Crippen LogP contribution in [0.2, 0.25) is 0 Å². The van der Waals surface area contributed by atoms with E-state index in [9.17, 15) is 4.79 Å². The summed E-state index contributed by atoms with van der Waals surface area (Å²) in [6.07, 6.45) is 2.05. The second-order valence-corrected chi connectivity index (χ2v) is 4.62. The average molecular weight is 214 g/mol. The predicted octanol–water partition coefficient (Wildman–Crippen LogP) is 0.214. The van der Waals surface area contributed by atoms with Gasteiger partial charge in [-0.3, -0.25) is 4.79 Å². The zero-order valence-electron chi connectivity index (χ0n) is 9.86. The van der Waals surface area contributed by atoms with Gasteiger partial charge >= 0.3 is 0 Å². The molecule has 0 saturated carbocycles. The molecule has 1 aliphatic rings. The van der Waals surface area contributed by atoms with E-state index in [4.69, 9.17) is 5.11 Å². The summed E-state index contributed by atoms with van der Waals surface area (Å²) >= 11 is 0. The number of amides is 1. The van der Waals surface area contributed by atoms with Crippen LogP contribution in [0.15, 0.2) is 0 Å². The van der Waals surface area contributed by atoms with E-state index in [2.05, 4.69) is 12.2 Å². The molecule has 0 aromatic heterocycles. The van der Waals surface area contributed by atoms with Crippen molar-refractivity contribution < 1.29 is 9.90 Å². The van der Waals surface area contributed by atoms with Gasteiger partial charge in [-0.2, -0.15) is 0 Å². The van der Waals surface area contributed by atoms with Crippen LogP contribution in [-0.2, 0) is 4.79 Å². The van der Waals surface area contributed by atoms with E-state index in [1.165, 1.54) is 0 Å². The third-order valence-corrected chi connectivity index (χ3v) is 3.24. The smallest absolute Gasteiger partial charge is 0.239 e.